The minimum absolute atomic E-state index is 0. The van der Waals surface area contributed by atoms with Crippen molar-refractivity contribution in [3.63, 3.8) is 0 Å². The Kier molecular flexibility index (Phi) is 12.8. The second-order valence-electron chi connectivity index (χ2n) is 18.2. The molecule has 0 aliphatic carbocycles. The van der Waals surface area contributed by atoms with E-state index < -0.39 is 0 Å². The number of nitrogens with zero attached hydrogens (tertiary/aromatic N) is 7. The smallest absolute Gasteiger partial charge is 0.440 e. The Morgan fingerprint density at radius 3 is 1.82 bits per heavy atom. The van der Waals surface area contributed by atoms with Gasteiger partial charge in [-0.15, -0.1) is 24.3 Å². The number of aromatic nitrogens is 6. The zero-order valence-corrected chi connectivity index (χ0v) is 39.8. The van der Waals surface area contributed by atoms with Crippen LogP contribution in [0.2, 0.25) is 0 Å². The van der Waals surface area contributed by atoms with Gasteiger partial charge in [0.2, 0.25) is 0 Å². The van der Waals surface area contributed by atoms with E-state index in [1.807, 2.05) is 18.5 Å². The van der Waals surface area contributed by atoms with E-state index in [2.05, 4.69) is 220 Å². The maximum Gasteiger partial charge on any atom is 2.00 e. The van der Waals surface area contributed by atoms with Crippen LogP contribution >= 0.6 is 0 Å². The molecule has 0 radical (unpaired) electrons. The summed E-state index contributed by atoms with van der Waals surface area (Å²) in [5.74, 6) is 3.30. The fourth-order valence-electron chi connectivity index (χ4n) is 8.38. The van der Waals surface area contributed by atoms with Gasteiger partial charge < -0.3 is 19.3 Å². The summed E-state index contributed by atoms with van der Waals surface area (Å²) in [7, 11) is 2.20. The van der Waals surface area contributed by atoms with Gasteiger partial charge >= 0.3 is 28.0 Å². The van der Waals surface area contributed by atoms with Crippen molar-refractivity contribution in [3.05, 3.63) is 169 Å². The molecule has 0 atom stereocenters. The first-order valence-corrected chi connectivity index (χ1v) is 21.5. The number of para-hydroxylation sites is 1. The molecule has 7 nitrogen and oxygen atoms in total. The van der Waals surface area contributed by atoms with Crippen LogP contribution in [0.3, 0.4) is 0 Å². The van der Waals surface area contributed by atoms with Crippen molar-refractivity contribution in [2.75, 3.05) is 11.9 Å². The summed E-state index contributed by atoms with van der Waals surface area (Å²) in [5.41, 5.74) is 13.2. The summed E-state index contributed by atoms with van der Waals surface area (Å²) < 4.78 is 4.51. The summed E-state index contributed by atoms with van der Waals surface area (Å²) in [4.78, 5) is 20.8. The van der Waals surface area contributed by atoms with Gasteiger partial charge in [-0.3, -0.25) is 9.55 Å². The van der Waals surface area contributed by atoms with E-state index in [1.165, 1.54) is 44.5 Å². The van der Waals surface area contributed by atoms with Crippen molar-refractivity contribution in [3.8, 4) is 51.0 Å². The van der Waals surface area contributed by atoms with Crippen LogP contribution in [-0.4, -0.2) is 38.0 Å². The van der Waals surface area contributed by atoms with Gasteiger partial charge in [0.15, 0.2) is 0 Å². The molecule has 0 amide bonds. The zero-order valence-electron chi connectivity index (χ0n) is 37.5. The van der Waals surface area contributed by atoms with Crippen LogP contribution in [-0.2, 0) is 26.5 Å². The molecular weight excluding hydrogens is 941 g/mol. The van der Waals surface area contributed by atoms with Gasteiger partial charge in [-0.25, -0.2) is 4.98 Å². The Bertz CT molecular complexity index is 2660. The average Bonchev–Trinajstić information content (AvgIpc) is 4.06. The first kappa shape index (κ1) is 44.3. The van der Waals surface area contributed by atoms with Gasteiger partial charge in [-0.1, -0.05) is 183 Å². The van der Waals surface area contributed by atoms with Crippen molar-refractivity contribution in [1.29, 1.82) is 0 Å². The molecule has 0 unspecified atom stereocenters. The third kappa shape index (κ3) is 8.18. The van der Waals surface area contributed by atoms with Crippen LogP contribution in [0.25, 0.3) is 51.0 Å². The third-order valence-electron chi connectivity index (χ3n) is 12.7. The molecule has 8 aromatic rings. The predicted molar refractivity (Wildman–Crippen MR) is 254 cm³/mol. The van der Waals surface area contributed by atoms with Crippen LogP contribution in [0.1, 0.15) is 91.0 Å². The summed E-state index contributed by atoms with van der Waals surface area (Å²) in [6.07, 6.45) is 9.51. The van der Waals surface area contributed by atoms with Crippen molar-refractivity contribution >= 4 is 18.1 Å². The van der Waals surface area contributed by atoms with Gasteiger partial charge in [-0.05, 0) is 69.0 Å². The van der Waals surface area contributed by atoms with Crippen molar-refractivity contribution in [2.45, 2.75) is 79.6 Å². The average molecular weight is 997 g/mol. The van der Waals surface area contributed by atoms with E-state index in [-0.39, 0.29) is 38.9 Å². The van der Waals surface area contributed by atoms with E-state index in [4.69, 9.17) is 4.98 Å². The SMILES string of the molecule is CC(C)c1cccc(C(C)C)c1-n1ccnc1-c1ncc[n-]1.CN1B(c2c(-c3ccccc3)cccc2-c2ccccc2)n2cc(C(C)(C)C(C)(C)C)nc2-c2[c-]cccc21.[Pt+2]. The van der Waals surface area contributed by atoms with Gasteiger partial charge in [0, 0.05) is 29.8 Å². The molecule has 9 rings (SSSR count). The van der Waals surface area contributed by atoms with E-state index in [0.29, 0.717) is 17.7 Å². The Morgan fingerprint density at radius 1 is 0.677 bits per heavy atom. The molecule has 0 N–H and O–H groups in total. The van der Waals surface area contributed by atoms with E-state index in [1.54, 1.807) is 12.4 Å². The standard InChI is InChI=1S/C35H35BN3.C18H21N4.Pt/c1-34(2,3)35(4,5)31-24-39-33(37-31)29-20-13-14-23-30(29)38(6)36(39)32-27(25-16-9-7-10-17-25)21-15-22-28(32)26-18-11-8-12-19-26;1-12(2)14-6-5-7-15(13(3)4)16(14)22-11-10-21-18(22)17-19-8-9-20-17;/h7-19,21-24H,1-6H3;5-13H,1-4H3;/q2*-1;+2. The van der Waals surface area contributed by atoms with Gasteiger partial charge in [0.25, 0.3) is 0 Å². The van der Waals surface area contributed by atoms with Crippen LogP contribution in [0.15, 0.2) is 146 Å². The number of hydrogen-bond donors (Lipinski definition) is 0. The predicted octanol–water partition coefficient (Wildman–Crippen LogP) is 11.8. The molecule has 5 aromatic carbocycles. The summed E-state index contributed by atoms with van der Waals surface area (Å²) in [5, 5.41) is 0. The van der Waals surface area contributed by atoms with Crippen LogP contribution in [0.5, 0.6) is 0 Å². The number of benzene rings is 5. The van der Waals surface area contributed by atoms with Crippen molar-refractivity contribution < 1.29 is 21.1 Å². The van der Waals surface area contributed by atoms with Gasteiger partial charge in [0.1, 0.15) is 5.82 Å². The summed E-state index contributed by atoms with van der Waals surface area (Å²) >= 11 is 0. The van der Waals surface area contributed by atoms with Crippen LogP contribution in [0, 0.1) is 11.5 Å². The minimum Gasteiger partial charge on any atom is -0.440 e. The molecule has 0 fully saturated rings. The van der Waals surface area contributed by atoms with Crippen molar-refractivity contribution in [2.24, 2.45) is 5.41 Å². The minimum atomic E-state index is -0.128. The molecule has 3 aromatic heterocycles. The zero-order chi connectivity index (χ0) is 43.1. The molecule has 4 heterocycles. The number of fused-ring (bicyclic) bond motifs is 3. The normalized spacial score (nSPS) is 12.5. The first-order valence-electron chi connectivity index (χ1n) is 21.5. The number of rotatable bonds is 8. The maximum atomic E-state index is 5.35. The molecule has 0 bridgehead atoms. The topological polar surface area (TPSA) is 65.9 Å². The molecule has 0 saturated carbocycles. The van der Waals surface area contributed by atoms with E-state index >= 15 is 0 Å². The maximum absolute atomic E-state index is 5.35. The Balaban J connectivity index is 0.000000214. The van der Waals surface area contributed by atoms with Crippen LogP contribution in [0.4, 0.5) is 5.69 Å². The van der Waals surface area contributed by atoms with Gasteiger partial charge in [0.05, 0.1) is 11.4 Å². The molecule has 62 heavy (non-hydrogen) atoms. The Morgan fingerprint density at radius 2 is 1.27 bits per heavy atom. The largest absolute Gasteiger partial charge is 2.00 e. The third-order valence-corrected chi connectivity index (χ3v) is 12.7. The first-order chi connectivity index (χ1) is 29.3. The van der Waals surface area contributed by atoms with Gasteiger partial charge in [-0.2, -0.15) is 0 Å². The van der Waals surface area contributed by atoms with E-state index in [0.717, 1.165) is 28.6 Å². The molecule has 316 valence electrons. The monoisotopic (exact) mass is 996 g/mol. The number of anilines is 1. The summed E-state index contributed by atoms with van der Waals surface area (Å²) in [6, 6.07) is 44.5. The Labute approximate surface area is 383 Å². The second-order valence-corrected chi connectivity index (χ2v) is 18.2. The molecule has 1 aliphatic heterocycles. The quantitative estimate of drug-likeness (QED) is 0.112. The summed E-state index contributed by atoms with van der Waals surface area (Å²) in [6.45, 7) is 20.3. The fourth-order valence-corrected chi connectivity index (χ4v) is 8.38. The molecule has 1 aliphatic rings. The molecule has 9 heteroatoms. The van der Waals surface area contributed by atoms with E-state index in [9.17, 15) is 0 Å². The molecular formula is C53H56BN7Pt. The molecule has 0 spiro atoms. The van der Waals surface area contributed by atoms with Crippen molar-refractivity contribution in [1.82, 2.24) is 29.0 Å². The second kappa shape index (κ2) is 17.9. The molecule has 0 saturated heterocycles. The Hall–Kier alpha value is -5.72. The van der Waals surface area contributed by atoms with Crippen LogP contribution < -0.4 is 15.3 Å². The fraction of sp³-hybridized carbons (Fsp3) is 0.264. The number of imidazole rings is 3. The number of hydrogen-bond acceptors (Lipinski definition) is 4.